The molecule has 0 amide bonds. The minimum Gasteiger partial charge on any atom is -0.491 e. The Morgan fingerprint density at radius 2 is 1.48 bits per heavy atom. The molecule has 6 heteroatoms. The summed E-state index contributed by atoms with van der Waals surface area (Å²) in [6, 6.07) is 6.01. The van der Waals surface area contributed by atoms with Crippen molar-refractivity contribution in [2.75, 3.05) is 33.0 Å². The van der Waals surface area contributed by atoms with Crippen LogP contribution in [-0.2, 0) is 9.47 Å². The van der Waals surface area contributed by atoms with E-state index in [0.29, 0.717) is 32.2 Å². The summed E-state index contributed by atoms with van der Waals surface area (Å²) in [5, 5.41) is 10.5. The molecule has 0 bridgehead atoms. The molecule has 0 aliphatic heterocycles. The lowest BCUT2D eigenvalue weighted by molar-refractivity contribution is -0.384. The summed E-state index contributed by atoms with van der Waals surface area (Å²) in [6.45, 7) is 5.04. The average molecular weight is 325 g/mol. The van der Waals surface area contributed by atoms with Crippen LogP contribution in [0.2, 0.25) is 0 Å². The van der Waals surface area contributed by atoms with Gasteiger partial charge in [0.1, 0.15) is 12.4 Å². The molecule has 0 fully saturated rings. The van der Waals surface area contributed by atoms with Gasteiger partial charge in [-0.05, 0) is 18.6 Å². The SMILES string of the molecule is CCCCCCCOCCOCCOc1ccc([N+](=O)[O-])cc1. The van der Waals surface area contributed by atoms with Gasteiger partial charge in [0.05, 0.1) is 24.7 Å². The Morgan fingerprint density at radius 1 is 0.870 bits per heavy atom. The molecular weight excluding hydrogens is 298 g/mol. The van der Waals surface area contributed by atoms with Gasteiger partial charge < -0.3 is 14.2 Å². The summed E-state index contributed by atoms with van der Waals surface area (Å²) in [7, 11) is 0. The quantitative estimate of drug-likeness (QED) is 0.294. The fraction of sp³-hybridized carbons (Fsp3) is 0.647. The highest BCUT2D eigenvalue weighted by molar-refractivity contribution is 5.35. The van der Waals surface area contributed by atoms with Crippen LogP contribution < -0.4 is 4.74 Å². The predicted octanol–water partition coefficient (Wildman–Crippen LogP) is 3.98. The Morgan fingerprint density at radius 3 is 2.13 bits per heavy atom. The van der Waals surface area contributed by atoms with Crippen LogP contribution in [-0.4, -0.2) is 38.0 Å². The Labute approximate surface area is 137 Å². The first-order valence-electron chi connectivity index (χ1n) is 8.26. The maximum Gasteiger partial charge on any atom is 0.269 e. The number of nitrogens with zero attached hydrogens (tertiary/aromatic N) is 1. The second-order valence-electron chi connectivity index (χ2n) is 5.24. The van der Waals surface area contributed by atoms with E-state index in [-0.39, 0.29) is 5.69 Å². The molecule has 0 aliphatic carbocycles. The van der Waals surface area contributed by atoms with Gasteiger partial charge in [-0.1, -0.05) is 32.6 Å². The molecule has 1 aromatic carbocycles. The molecule has 0 aliphatic rings. The number of nitro groups is 1. The van der Waals surface area contributed by atoms with Gasteiger partial charge in [-0.15, -0.1) is 0 Å². The monoisotopic (exact) mass is 325 g/mol. The van der Waals surface area contributed by atoms with Crippen LogP contribution in [0.3, 0.4) is 0 Å². The zero-order valence-electron chi connectivity index (χ0n) is 13.9. The van der Waals surface area contributed by atoms with Gasteiger partial charge >= 0.3 is 0 Å². The smallest absolute Gasteiger partial charge is 0.269 e. The van der Waals surface area contributed by atoms with E-state index in [4.69, 9.17) is 14.2 Å². The van der Waals surface area contributed by atoms with Crippen LogP contribution in [0.15, 0.2) is 24.3 Å². The highest BCUT2D eigenvalue weighted by Gasteiger charge is 2.03. The summed E-state index contributed by atoms with van der Waals surface area (Å²) in [6.07, 6.45) is 6.20. The third-order valence-electron chi connectivity index (χ3n) is 3.31. The lowest BCUT2D eigenvalue weighted by Crippen LogP contribution is -2.11. The molecule has 6 nitrogen and oxygen atoms in total. The van der Waals surface area contributed by atoms with E-state index in [0.717, 1.165) is 13.0 Å². The van der Waals surface area contributed by atoms with E-state index < -0.39 is 4.92 Å². The van der Waals surface area contributed by atoms with E-state index in [1.807, 2.05) is 0 Å². The zero-order valence-corrected chi connectivity index (χ0v) is 13.9. The van der Waals surface area contributed by atoms with Crippen molar-refractivity contribution in [3.63, 3.8) is 0 Å². The highest BCUT2D eigenvalue weighted by atomic mass is 16.6. The van der Waals surface area contributed by atoms with E-state index in [1.165, 1.54) is 37.8 Å². The Bertz CT molecular complexity index is 421. The second-order valence-corrected chi connectivity index (χ2v) is 5.24. The molecule has 0 aromatic heterocycles. The lowest BCUT2D eigenvalue weighted by Gasteiger charge is -2.07. The first-order chi connectivity index (χ1) is 11.2. The molecular formula is C17H27NO5. The largest absolute Gasteiger partial charge is 0.491 e. The van der Waals surface area contributed by atoms with Gasteiger partial charge in [0.15, 0.2) is 0 Å². The topological polar surface area (TPSA) is 70.8 Å². The standard InChI is InChI=1S/C17H27NO5/c1-2-3-4-5-6-11-21-12-13-22-14-15-23-17-9-7-16(8-10-17)18(19)20/h7-10H,2-6,11-15H2,1H3. The summed E-state index contributed by atoms with van der Waals surface area (Å²) in [4.78, 5) is 10.1. The van der Waals surface area contributed by atoms with Crippen LogP contribution in [0.5, 0.6) is 5.75 Å². The molecule has 0 unspecified atom stereocenters. The maximum absolute atomic E-state index is 10.5. The molecule has 0 heterocycles. The summed E-state index contributed by atoms with van der Waals surface area (Å²) in [5.41, 5.74) is 0.0560. The number of hydrogen-bond acceptors (Lipinski definition) is 5. The minimum absolute atomic E-state index is 0.0560. The van der Waals surface area contributed by atoms with Crippen LogP contribution in [0.25, 0.3) is 0 Å². The molecule has 0 radical (unpaired) electrons. The third kappa shape index (κ3) is 9.86. The van der Waals surface area contributed by atoms with Crippen LogP contribution in [0.1, 0.15) is 39.0 Å². The van der Waals surface area contributed by atoms with Gasteiger partial charge in [-0.25, -0.2) is 0 Å². The third-order valence-corrected chi connectivity index (χ3v) is 3.31. The fourth-order valence-corrected chi connectivity index (χ4v) is 2.01. The predicted molar refractivity (Wildman–Crippen MR) is 89.0 cm³/mol. The molecule has 23 heavy (non-hydrogen) atoms. The Balaban J connectivity index is 1.90. The molecule has 0 atom stereocenters. The molecule has 0 saturated carbocycles. The molecule has 130 valence electrons. The number of benzene rings is 1. The molecule has 0 saturated heterocycles. The Hall–Kier alpha value is -1.66. The van der Waals surface area contributed by atoms with Crippen molar-refractivity contribution in [2.45, 2.75) is 39.0 Å². The number of non-ortho nitro benzene ring substituents is 1. The number of nitro benzene ring substituents is 1. The number of hydrogen-bond donors (Lipinski definition) is 0. The van der Waals surface area contributed by atoms with E-state index in [2.05, 4.69) is 6.92 Å². The first-order valence-corrected chi connectivity index (χ1v) is 8.26. The van der Waals surface area contributed by atoms with E-state index in [1.54, 1.807) is 12.1 Å². The minimum atomic E-state index is -0.434. The van der Waals surface area contributed by atoms with Gasteiger partial charge in [0.25, 0.3) is 5.69 Å². The molecule has 1 rings (SSSR count). The van der Waals surface area contributed by atoms with Crippen LogP contribution in [0.4, 0.5) is 5.69 Å². The van der Waals surface area contributed by atoms with Crippen molar-refractivity contribution in [3.8, 4) is 5.75 Å². The zero-order chi connectivity index (χ0) is 16.8. The Kier molecular flexibility index (Phi) is 10.8. The van der Waals surface area contributed by atoms with E-state index >= 15 is 0 Å². The molecule has 0 N–H and O–H groups in total. The molecule has 0 spiro atoms. The highest BCUT2D eigenvalue weighted by Crippen LogP contribution is 2.16. The van der Waals surface area contributed by atoms with Gasteiger partial charge in [0.2, 0.25) is 0 Å². The van der Waals surface area contributed by atoms with Gasteiger partial charge in [-0.2, -0.15) is 0 Å². The van der Waals surface area contributed by atoms with E-state index in [9.17, 15) is 10.1 Å². The summed E-state index contributed by atoms with van der Waals surface area (Å²) < 4.78 is 16.3. The van der Waals surface area contributed by atoms with Crippen LogP contribution >= 0.6 is 0 Å². The lowest BCUT2D eigenvalue weighted by atomic mass is 10.2. The average Bonchev–Trinajstić information content (AvgIpc) is 2.56. The van der Waals surface area contributed by atoms with Crippen molar-refractivity contribution in [2.24, 2.45) is 0 Å². The normalized spacial score (nSPS) is 10.7. The van der Waals surface area contributed by atoms with Gasteiger partial charge in [0, 0.05) is 18.7 Å². The van der Waals surface area contributed by atoms with Crippen molar-refractivity contribution in [1.29, 1.82) is 0 Å². The maximum atomic E-state index is 10.5. The summed E-state index contributed by atoms with van der Waals surface area (Å²) in [5.74, 6) is 0.600. The number of unbranched alkanes of at least 4 members (excludes halogenated alkanes) is 4. The number of rotatable bonds is 14. The van der Waals surface area contributed by atoms with Crippen molar-refractivity contribution < 1.29 is 19.1 Å². The van der Waals surface area contributed by atoms with Crippen molar-refractivity contribution in [3.05, 3.63) is 34.4 Å². The summed E-state index contributed by atoms with van der Waals surface area (Å²) >= 11 is 0. The van der Waals surface area contributed by atoms with Crippen LogP contribution in [0, 0.1) is 10.1 Å². The molecule has 1 aromatic rings. The first kappa shape index (κ1) is 19.4. The van der Waals surface area contributed by atoms with Gasteiger partial charge in [-0.3, -0.25) is 10.1 Å². The number of ether oxygens (including phenoxy) is 3. The second kappa shape index (κ2) is 12.8. The van der Waals surface area contributed by atoms with Crippen molar-refractivity contribution in [1.82, 2.24) is 0 Å². The van der Waals surface area contributed by atoms with Crippen molar-refractivity contribution >= 4 is 5.69 Å². The fourth-order valence-electron chi connectivity index (χ4n) is 2.01.